The maximum absolute atomic E-state index is 12.9. The summed E-state index contributed by atoms with van der Waals surface area (Å²) in [6, 6.07) is 5.08. The SMILES string of the molecule is COCCCNC(=O)CSc1nc2ccc(Cl)cc2c(=O)n1CC(C)C. The minimum absolute atomic E-state index is 0.0901. The Hall–Kier alpha value is -1.57. The number of nitrogens with one attached hydrogen (secondary N) is 1. The lowest BCUT2D eigenvalue weighted by atomic mass is 10.2. The van der Waals surface area contributed by atoms with E-state index in [0.717, 1.165) is 6.42 Å². The number of thioether (sulfide) groups is 1. The van der Waals surface area contributed by atoms with Crippen molar-refractivity contribution in [3.05, 3.63) is 33.6 Å². The molecule has 0 aliphatic carbocycles. The Kier molecular flexibility index (Phi) is 7.93. The first-order valence-corrected chi connectivity index (χ1v) is 9.87. The number of benzene rings is 1. The Morgan fingerprint density at radius 1 is 1.42 bits per heavy atom. The molecule has 0 saturated heterocycles. The highest BCUT2D eigenvalue weighted by molar-refractivity contribution is 7.99. The summed E-state index contributed by atoms with van der Waals surface area (Å²) in [5.41, 5.74) is 0.455. The molecule has 26 heavy (non-hydrogen) atoms. The van der Waals surface area contributed by atoms with E-state index >= 15 is 0 Å². The molecule has 142 valence electrons. The Labute approximate surface area is 162 Å². The number of carbonyl (C=O) groups is 1. The van der Waals surface area contributed by atoms with Gasteiger partial charge in [-0.05, 0) is 30.5 Å². The first-order chi connectivity index (χ1) is 12.4. The summed E-state index contributed by atoms with van der Waals surface area (Å²) in [5.74, 6) is 0.386. The summed E-state index contributed by atoms with van der Waals surface area (Å²) in [7, 11) is 1.63. The summed E-state index contributed by atoms with van der Waals surface area (Å²) in [6.07, 6.45) is 0.764. The van der Waals surface area contributed by atoms with Crippen LogP contribution >= 0.6 is 23.4 Å². The average molecular weight is 398 g/mol. The average Bonchev–Trinajstić information content (AvgIpc) is 2.60. The van der Waals surface area contributed by atoms with Gasteiger partial charge in [-0.25, -0.2) is 4.98 Å². The second-order valence-corrected chi connectivity index (χ2v) is 7.73. The van der Waals surface area contributed by atoms with Crippen LogP contribution in [0.3, 0.4) is 0 Å². The van der Waals surface area contributed by atoms with Crippen LogP contribution in [0.5, 0.6) is 0 Å². The number of aromatic nitrogens is 2. The molecule has 0 spiro atoms. The van der Waals surface area contributed by atoms with Crippen molar-refractivity contribution in [3.8, 4) is 0 Å². The van der Waals surface area contributed by atoms with Crippen molar-refractivity contribution in [2.75, 3.05) is 26.0 Å². The Morgan fingerprint density at radius 2 is 2.19 bits per heavy atom. The molecule has 0 aliphatic rings. The highest BCUT2D eigenvalue weighted by Crippen LogP contribution is 2.21. The first-order valence-electron chi connectivity index (χ1n) is 8.51. The third kappa shape index (κ3) is 5.72. The van der Waals surface area contributed by atoms with E-state index in [1.54, 1.807) is 29.9 Å². The van der Waals surface area contributed by atoms with Crippen LogP contribution < -0.4 is 10.9 Å². The second kappa shape index (κ2) is 9.94. The molecule has 6 nitrogen and oxygen atoms in total. The number of methoxy groups -OCH3 is 1. The summed E-state index contributed by atoms with van der Waals surface area (Å²) in [5, 5.41) is 4.38. The molecule has 0 bridgehead atoms. The fourth-order valence-electron chi connectivity index (χ4n) is 2.43. The summed E-state index contributed by atoms with van der Waals surface area (Å²) < 4.78 is 6.59. The number of rotatable bonds is 9. The van der Waals surface area contributed by atoms with E-state index < -0.39 is 0 Å². The molecule has 2 aromatic rings. The largest absolute Gasteiger partial charge is 0.385 e. The van der Waals surface area contributed by atoms with Crippen LogP contribution in [0.1, 0.15) is 20.3 Å². The quantitative estimate of drug-likeness (QED) is 0.400. The fourth-order valence-corrected chi connectivity index (χ4v) is 3.45. The minimum atomic E-state index is -0.130. The molecule has 1 amide bonds. The van der Waals surface area contributed by atoms with Crippen LogP contribution in [0.2, 0.25) is 5.02 Å². The smallest absolute Gasteiger partial charge is 0.262 e. The second-order valence-electron chi connectivity index (χ2n) is 6.35. The number of halogens is 1. The third-order valence-corrected chi connectivity index (χ3v) is 4.82. The number of ether oxygens (including phenoxy) is 1. The van der Waals surface area contributed by atoms with Gasteiger partial charge in [-0.2, -0.15) is 0 Å². The zero-order chi connectivity index (χ0) is 19.1. The van der Waals surface area contributed by atoms with E-state index in [9.17, 15) is 9.59 Å². The molecule has 2 rings (SSSR count). The zero-order valence-corrected chi connectivity index (χ0v) is 16.8. The van der Waals surface area contributed by atoms with Gasteiger partial charge >= 0.3 is 0 Å². The van der Waals surface area contributed by atoms with Crippen LogP contribution in [0, 0.1) is 5.92 Å². The number of hydrogen-bond donors (Lipinski definition) is 1. The van der Waals surface area contributed by atoms with Gasteiger partial charge in [0.1, 0.15) is 0 Å². The van der Waals surface area contributed by atoms with Gasteiger partial charge in [0.05, 0.1) is 16.7 Å². The number of nitrogens with zero attached hydrogens (tertiary/aromatic N) is 2. The lowest BCUT2D eigenvalue weighted by Gasteiger charge is -2.15. The fraction of sp³-hybridized carbons (Fsp3) is 0.500. The molecule has 8 heteroatoms. The highest BCUT2D eigenvalue weighted by atomic mass is 35.5. The number of hydrogen-bond acceptors (Lipinski definition) is 5. The molecule has 0 unspecified atom stereocenters. The van der Waals surface area contributed by atoms with E-state index in [4.69, 9.17) is 16.3 Å². The van der Waals surface area contributed by atoms with Gasteiger partial charge in [0.2, 0.25) is 5.91 Å². The summed E-state index contributed by atoms with van der Waals surface area (Å²) in [6.45, 7) is 5.77. The highest BCUT2D eigenvalue weighted by Gasteiger charge is 2.14. The predicted molar refractivity (Wildman–Crippen MR) is 106 cm³/mol. The number of amides is 1. The molecule has 1 aromatic carbocycles. The van der Waals surface area contributed by atoms with Gasteiger partial charge in [0.25, 0.3) is 5.56 Å². The normalized spacial score (nSPS) is 11.3. The van der Waals surface area contributed by atoms with Gasteiger partial charge in [-0.1, -0.05) is 37.2 Å². The molecule has 0 radical (unpaired) electrons. The zero-order valence-electron chi connectivity index (χ0n) is 15.3. The van der Waals surface area contributed by atoms with E-state index in [-0.39, 0.29) is 23.1 Å². The van der Waals surface area contributed by atoms with Crippen LogP contribution in [-0.2, 0) is 16.1 Å². The van der Waals surface area contributed by atoms with Gasteiger partial charge in [-0.15, -0.1) is 0 Å². The number of fused-ring (bicyclic) bond motifs is 1. The van der Waals surface area contributed by atoms with Crippen molar-refractivity contribution in [1.29, 1.82) is 0 Å². The predicted octanol–water partition coefficient (Wildman–Crippen LogP) is 2.95. The maximum Gasteiger partial charge on any atom is 0.262 e. The maximum atomic E-state index is 12.9. The van der Waals surface area contributed by atoms with Gasteiger partial charge in [-0.3, -0.25) is 14.2 Å². The van der Waals surface area contributed by atoms with Crippen LogP contribution in [-0.4, -0.2) is 41.5 Å². The van der Waals surface area contributed by atoms with Gasteiger partial charge in [0, 0.05) is 31.8 Å². The van der Waals surface area contributed by atoms with Crippen LogP contribution in [0.25, 0.3) is 10.9 Å². The molecule has 1 aromatic heterocycles. The van der Waals surface area contributed by atoms with Crippen molar-refractivity contribution in [2.24, 2.45) is 5.92 Å². The molecular weight excluding hydrogens is 374 g/mol. The summed E-state index contributed by atoms with van der Waals surface area (Å²) >= 11 is 7.29. The van der Waals surface area contributed by atoms with E-state index in [1.165, 1.54) is 11.8 Å². The standard InChI is InChI=1S/C18H24ClN3O3S/c1-12(2)10-22-17(24)14-9-13(19)5-6-15(14)21-18(22)26-11-16(23)20-7-4-8-25-3/h5-6,9,12H,4,7-8,10-11H2,1-3H3,(H,20,23). The molecule has 0 atom stereocenters. The molecule has 0 fully saturated rings. The van der Waals surface area contributed by atoms with E-state index in [0.29, 0.717) is 40.8 Å². The minimum Gasteiger partial charge on any atom is -0.385 e. The molecule has 1 N–H and O–H groups in total. The first kappa shape index (κ1) is 20.7. The van der Waals surface area contributed by atoms with E-state index in [2.05, 4.69) is 10.3 Å². The van der Waals surface area contributed by atoms with Crippen molar-refractivity contribution in [3.63, 3.8) is 0 Å². The monoisotopic (exact) mass is 397 g/mol. The molecule has 0 aliphatic heterocycles. The van der Waals surface area contributed by atoms with Crippen molar-refractivity contribution >= 4 is 40.2 Å². The van der Waals surface area contributed by atoms with Crippen molar-refractivity contribution < 1.29 is 9.53 Å². The van der Waals surface area contributed by atoms with Crippen molar-refractivity contribution in [1.82, 2.24) is 14.9 Å². The van der Waals surface area contributed by atoms with Crippen LogP contribution in [0.4, 0.5) is 0 Å². The Morgan fingerprint density at radius 3 is 2.88 bits per heavy atom. The lowest BCUT2D eigenvalue weighted by molar-refractivity contribution is -0.118. The molecule has 1 heterocycles. The topological polar surface area (TPSA) is 73.2 Å². The lowest BCUT2D eigenvalue weighted by Crippen LogP contribution is -2.28. The third-order valence-electron chi connectivity index (χ3n) is 3.61. The van der Waals surface area contributed by atoms with E-state index in [1.807, 2.05) is 13.8 Å². The number of carbonyl (C=O) groups excluding carboxylic acids is 1. The molecule has 0 saturated carbocycles. The van der Waals surface area contributed by atoms with Crippen LogP contribution in [0.15, 0.2) is 28.2 Å². The van der Waals surface area contributed by atoms with Gasteiger partial charge < -0.3 is 10.1 Å². The Balaban J connectivity index is 2.20. The molecular formula is C18H24ClN3O3S. The van der Waals surface area contributed by atoms with Gasteiger partial charge in [0.15, 0.2) is 5.16 Å². The Bertz CT molecular complexity index is 823. The summed E-state index contributed by atoms with van der Waals surface area (Å²) in [4.78, 5) is 29.4. The van der Waals surface area contributed by atoms with Crippen molar-refractivity contribution in [2.45, 2.75) is 32.0 Å².